The maximum absolute atomic E-state index is 12.1. The summed E-state index contributed by atoms with van der Waals surface area (Å²) < 4.78 is 5.94. The number of nitrogens with one attached hydrogen (secondary N) is 2. The van der Waals surface area contributed by atoms with Gasteiger partial charge in [-0.15, -0.1) is 0 Å². The Morgan fingerprint density at radius 1 is 0.792 bits per heavy atom. The van der Waals surface area contributed by atoms with Crippen molar-refractivity contribution in [2.24, 2.45) is 0 Å². The second-order valence-electron chi connectivity index (χ2n) is 4.97. The number of furan rings is 1. The minimum atomic E-state index is -0.327. The van der Waals surface area contributed by atoms with E-state index in [1.165, 1.54) is 6.26 Å². The summed E-state index contributed by atoms with van der Waals surface area (Å²) in [5.74, 6) is -0.288. The Kier molecular flexibility index (Phi) is 4.77. The van der Waals surface area contributed by atoms with Crippen LogP contribution < -0.4 is 10.6 Å². The lowest BCUT2D eigenvalue weighted by Gasteiger charge is -2.07. The van der Waals surface area contributed by atoms with Gasteiger partial charge in [-0.1, -0.05) is 15.9 Å². The van der Waals surface area contributed by atoms with Gasteiger partial charge in [0.1, 0.15) is 0 Å². The predicted octanol–water partition coefficient (Wildman–Crippen LogP) is 4.55. The van der Waals surface area contributed by atoms with Crippen LogP contribution in [-0.4, -0.2) is 11.8 Å². The SMILES string of the molecule is O=C(Nc1ccc(NC(=O)c2ccco2)cc1)c1ccc(Br)cc1. The van der Waals surface area contributed by atoms with Crippen molar-refractivity contribution in [2.45, 2.75) is 0 Å². The monoisotopic (exact) mass is 384 g/mol. The Labute approximate surface area is 146 Å². The van der Waals surface area contributed by atoms with Crippen LogP contribution in [0.25, 0.3) is 0 Å². The molecule has 2 aromatic carbocycles. The van der Waals surface area contributed by atoms with Crippen LogP contribution in [0.4, 0.5) is 11.4 Å². The van der Waals surface area contributed by atoms with Gasteiger partial charge in [-0.3, -0.25) is 9.59 Å². The number of halogens is 1. The van der Waals surface area contributed by atoms with Gasteiger partial charge in [-0.25, -0.2) is 0 Å². The Bertz CT molecular complexity index is 841. The number of benzene rings is 2. The number of carbonyl (C=O) groups excluding carboxylic acids is 2. The molecule has 1 heterocycles. The van der Waals surface area contributed by atoms with Crippen LogP contribution in [-0.2, 0) is 0 Å². The molecule has 0 aliphatic rings. The molecule has 0 radical (unpaired) electrons. The molecule has 3 rings (SSSR count). The summed E-state index contributed by atoms with van der Waals surface area (Å²) in [7, 11) is 0. The zero-order chi connectivity index (χ0) is 16.9. The fourth-order valence-corrected chi connectivity index (χ4v) is 2.31. The average Bonchev–Trinajstić information content (AvgIpc) is 3.12. The molecule has 0 bridgehead atoms. The maximum atomic E-state index is 12.1. The van der Waals surface area contributed by atoms with E-state index >= 15 is 0 Å². The summed E-state index contributed by atoms with van der Waals surface area (Å²) in [5, 5.41) is 5.51. The summed E-state index contributed by atoms with van der Waals surface area (Å²) in [6, 6.07) is 17.2. The molecule has 5 nitrogen and oxygen atoms in total. The van der Waals surface area contributed by atoms with E-state index < -0.39 is 0 Å². The van der Waals surface area contributed by atoms with Crippen molar-refractivity contribution in [3.63, 3.8) is 0 Å². The number of hydrogen-bond acceptors (Lipinski definition) is 3. The van der Waals surface area contributed by atoms with Crippen molar-refractivity contribution in [1.29, 1.82) is 0 Å². The van der Waals surface area contributed by atoms with Crippen LogP contribution >= 0.6 is 15.9 Å². The van der Waals surface area contributed by atoms with E-state index in [0.29, 0.717) is 16.9 Å². The van der Waals surface area contributed by atoms with Gasteiger partial charge in [0.2, 0.25) is 0 Å². The highest BCUT2D eigenvalue weighted by atomic mass is 79.9. The molecule has 24 heavy (non-hydrogen) atoms. The van der Waals surface area contributed by atoms with E-state index in [9.17, 15) is 9.59 Å². The standard InChI is InChI=1S/C18H13BrN2O3/c19-13-5-3-12(4-6-13)17(22)20-14-7-9-15(10-8-14)21-18(23)16-2-1-11-24-16/h1-11H,(H,20,22)(H,21,23). The highest BCUT2D eigenvalue weighted by Gasteiger charge is 2.09. The van der Waals surface area contributed by atoms with Crippen LogP contribution in [0, 0.1) is 0 Å². The normalized spacial score (nSPS) is 10.2. The molecule has 3 aromatic rings. The zero-order valence-electron chi connectivity index (χ0n) is 12.5. The molecule has 0 spiro atoms. The third-order valence-electron chi connectivity index (χ3n) is 3.25. The third-order valence-corrected chi connectivity index (χ3v) is 3.78. The summed E-state index contributed by atoms with van der Waals surface area (Å²) in [6.45, 7) is 0. The molecule has 0 aliphatic carbocycles. The van der Waals surface area contributed by atoms with E-state index in [1.807, 2.05) is 12.1 Å². The van der Waals surface area contributed by atoms with Crippen LogP contribution in [0.15, 0.2) is 75.8 Å². The van der Waals surface area contributed by atoms with Gasteiger partial charge in [0, 0.05) is 21.4 Å². The molecule has 0 fully saturated rings. The third kappa shape index (κ3) is 3.91. The molecule has 2 amide bonds. The second-order valence-corrected chi connectivity index (χ2v) is 5.89. The minimum Gasteiger partial charge on any atom is -0.459 e. The molecule has 0 atom stereocenters. The Morgan fingerprint density at radius 3 is 1.92 bits per heavy atom. The molecule has 1 aromatic heterocycles. The van der Waals surface area contributed by atoms with Crippen molar-refractivity contribution in [2.75, 3.05) is 10.6 Å². The number of carbonyl (C=O) groups is 2. The van der Waals surface area contributed by atoms with Gasteiger partial charge in [0.15, 0.2) is 5.76 Å². The summed E-state index contributed by atoms with van der Waals surface area (Å²) in [4.78, 5) is 24.0. The quantitative estimate of drug-likeness (QED) is 0.692. The highest BCUT2D eigenvalue weighted by Crippen LogP contribution is 2.17. The fourth-order valence-electron chi connectivity index (χ4n) is 2.04. The predicted molar refractivity (Wildman–Crippen MR) is 95.2 cm³/mol. The van der Waals surface area contributed by atoms with Gasteiger partial charge in [-0.2, -0.15) is 0 Å². The molecule has 6 heteroatoms. The van der Waals surface area contributed by atoms with Gasteiger partial charge in [0.25, 0.3) is 11.8 Å². The van der Waals surface area contributed by atoms with Crippen molar-refractivity contribution >= 4 is 39.1 Å². The Morgan fingerprint density at radius 2 is 1.38 bits per heavy atom. The van der Waals surface area contributed by atoms with E-state index in [0.717, 1.165) is 4.47 Å². The first-order valence-electron chi connectivity index (χ1n) is 7.14. The van der Waals surface area contributed by atoms with Gasteiger partial charge >= 0.3 is 0 Å². The number of anilines is 2. The topological polar surface area (TPSA) is 71.3 Å². The molecule has 0 aliphatic heterocycles. The minimum absolute atomic E-state index is 0.199. The first kappa shape index (κ1) is 16.0. The smallest absolute Gasteiger partial charge is 0.291 e. The number of rotatable bonds is 4. The largest absolute Gasteiger partial charge is 0.459 e. The van der Waals surface area contributed by atoms with Crippen molar-refractivity contribution in [3.05, 3.63) is 82.7 Å². The van der Waals surface area contributed by atoms with Gasteiger partial charge < -0.3 is 15.1 Å². The van der Waals surface area contributed by atoms with Crippen LogP contribution in [0.5, 0.6) is 0 Å². The first-order chi connectivity index (χ1) is 11.6. The van der Waals surface area contributed by atoms with Crippen LogP contribution in [0.2, 0.25) is 0 Å². The van der Waals surface area contributed by atoms with E-state index in [4.69, 9.17) is 4.42 Å². The molecule has 2 N–H and O–H groups in total. The first-order valence-corrected chi connectivity index (χ1v) is 7.93. The highest BCUT2D eigenvalue weighted by molar-refractivity contribution is 9.10. The van der Waals surface area contributed by atoms with E-state index in [-0.39, 0.29) is 17.6 Å². The lowest BCUT2D eigenvalue weighted by molar-refractivity contribution is 0.0994. The molecule has 0 unspecified atom stereocenters. The van der Waals surface area contributed by atoms with E-state index in [1.54, 1.807) is 48.5 Å². The summed E-state index contributed by atoms with van der Waals surface area (Å²) in [6.07, 6.45) is 1.44. The molecule has 0 saturated carbocycles. The van der Waals surface area contributed by atoms with Crippen molar-refractivity contribution in [1.82, 2.24) is 0 Å². The molecular formula is C18H13BrN2O3. The van der Waals surface area contributed by atoms with Crippen molar-refractivity contribution in [3.8, 4) is 0 Å². The second kappa shape index (κ2) is 7.14. The summed E-state index contributed by atoms with van der Waals surface area (Å²) >= 11 is 3.33. The van der Waals surface area contributed by atoms with Gasteiger partial charge in [0.05, 0.1) is 6.26 Å². The van der Waals surface area contributed by atoms with E-state index in [2.05, 4.69) is 26.6 Å². The van der Waals surface area contributed by atoms with Crippen LogP contribution in [0.3, 0.4) is 0 Å². The van der Waals surface area contributed by atoms with Crippen molar-refractivity contribution < 1.29 is 14.0 Å². The van der Waals surface area contributed by atoms with Gasteiger partial charge in [-0.05, 0) is 60.7 Å². The molecular weight excluding hydrogens is 372 g/mol. The Balaban J connectivity index is 1.63. The fraction of sp³-hybridized carbons (Fsp3) is 0. The number of amides is 2. The molecule has 0 saturated heterocycles. The summed E-state index contributed by atoms with van der Waals surface area (Å²) in [5.41, 5.74) is 1.81. The Hall–Kier alpha value is -2.86. The zero-order valence-corrected chi connectivity index (χ0v) is 14.0. The van der Waals surface area contributed by atoms with Crippen LogP contribution in [0.1, 0.15) is 20.9 Å². The lowest BCUT2D eigenvalue weighted by Crippen LogP contribution is -2.12. The maximum Gasteiger partial charge on any atom is 0.291 e. The molecule has 120 valence electrons. The number of hydrogen-bond donors (Lipinski definition) is 2. The lowest BCUT2D eigenvalue weighted by atomic mass is 10.2. The average molecular weight is 385 g/mol.